The molecule has 1 heteroatoms. The van der Waals surface area contributed by atoms with Crippen molar-refractivity contribution in [3.63, 3.8) is 0 Å². The number of phenols is 1. The Kier molecular flexibility index (Phi) is 4.67. The second kappa shape index (κ2) is 5.79. The average Bonchev–Trinajstić information content (AvgIpc) is 2.26. The van der Waals surface area contributed by atoms with E-state index in [0.717, 1.165) is 24.8 Å². The Morgan fingerprint density at radius 1 is 1.27 bits per heavy atom. The topological polar surface area (TPSA) is 20.2 Å². The van der Waals surface area contributed by atoms with Crippen LogP contribution in [-0.2, 0) is 6.42 Å². The molecule has 0 amide bonds. The van der Waals surface area contributed by atoms with Crippen LogP contribution < -0.4 is 0 Å². The first kappa shape index (κ1) is 12.1. The fourth-order valence-electron chi connectivity index (χ4n) is 1.70. The van der Waals surface area contributed by atoms with Crippen LogP contribution in [0.2, 0.25) is 0 Å². The summed E-state index contributed by atoms with van der Waals surface area (Å²) in [6.45, 7) is 6.54. The summed E-state index contributed by atoms with van der Waals surface area (Å²) in [5.74, 6) is 1.01. The number of aryl methyl sites for hydroxylation is 1. The molecule has 0 aliphatic carbocycles. The molecule has 15 heavy (non-hydrogen) atoms. The molecular weight excluding hydrogens is 184 g/mol. The van der Waals surface area contributed by atoms with E-state index in [1.165, 1.54) is 12.0 Å². The largest absolute Gasteiger partial charge is 0.508 e. The molecule has 0 aromatic heterocycles. The molecular formula is C14H22O. The minimum absolute atomic E-state index is 0.473. The lowest BCUT2D eigenvalue weighted by Gasteiger charge is -2.11. The first-order valence-electron chi connectivity index (χ1n) is 6.00. The minimum atomic E-state index is 0.473. The van der Waals surface area contributed by atoms with E-state index in [0.29, 0.717) is 11.7 Å². The molecule has 0 saturated heterocycles. The minimum Gasteiger partial charge on any atom is -0.508 e. The molecule has 1 atom stereocenters. The molecule has 0 heterocycles. The van der Waals surface area contributed by atoms with Crippen LogP contribution in [0.5, 0.6) is 5.75 Å². The summed E-state index contributed by atoms with van der Waals surface area (Å²) in [4.78, 5) is 0. The van der Waals surface area contributed by atoms with Gasteiger partial charge >= 0.3 is 0 Å². The molecule has 1 aromatic carbocycles. The van der Waals surface area contributed by atoms with Gasteiger partial charge in [0.2, 0.25) is 0 Å². The normalized spacial score (nSPS) is 12.7. The summed E-state index contributed by atoms with van der Waals surface area (Å²) < 4.78 is 0. The van der Waals surface area contributed by atoms with Crippen molar-refractivity contribution in [1.29, 1.82) is 0 Å². The molecule has 1 nitrogen and oxygen atoms in total. The van der Waals surface area contributed by atoms with Gasteiger partial charge in [0.05, 0.1) is 0 Å². The number of unbranched alkanes of at least 4 members (excludes halogenated alkanes) is 1. The van der Waals surface area contributed by atoms with E-state index in [2.05, 4.69) is 32.9 Å². The lowest BCUT2D eigenvalue weighted by Crippen LogP contribution is -1.93. The van der Waals surface area contributed by atoms with Crippen molar-refractivity contribution in [1.82, 2.24) is 0 Å². The summed E-state index contributed by atoms with van der Waals surface area (Å²) in [6, 6.07) is 6.16. The zero-order valence-corrected chi connectivity index (χ0v) is 10.1. The van der Waals surface area contributed by atoms with Gasteiger partial charge in [-0.3, -0.25) is 0 Å². The second-order valence-electron chi connectivity index (χ2n) is 4.30. The van der Waals surface area contributed by atoms with Gasteiger partial charge in [0.25, 0.3) is 0 Å². The zero-order valence-electron chi connectivity index (χ0n) is 10.1. The van der Waals surface area contributed by atoms with E-state index in [1.807, 2.05) is 6.07 Å². The third-order valence-corrected chi connectivity index (χ3v) is 3.09. The molecule has 1 aromatic rings. The van der Waals surface area contributed by atoms with Crippen LogP contribution in [0.25, 0.3) is 0 Å². The average molecular weight is 206 g/mol. The van der Waals surface area contributed by atoms with Gasteiger partial charge in [0.15, 0.2) is 0 Å². The van der Waals surface area contributed by atoms with Crippen molar-refractivity contribution < 1.29 is 5.11 Å². The Labute approximate surface area is 93.1 Å². The van der Waals surface area contributed by atoms with Crippen LogP contribution in [-0.4, -0.2) is 5.11 Å². The third kappa shape index (κ3) is 3.26. The Bertz CT molecular complexity index is 304. The maximum absolute atomic E-state index is 9.86. The van der Waals surface area contributed by atoms with Crippen LogP contribution in [0.1, 0.15) is 57.1 Å². The fraction of sp³-hybridized carbons (Fsp3) is 0.571. The Balaban J connectivity index is 2.78. The number of hydrogen-bond donors (Lipinski definition) is 1. The van der Waals surface area contributed by atoms with E-state index < -0.39 is 0 Å². The summed E-state index contributed by atoms with van der Waals surface area (Å²) in [5, 5.41) is 9.86. The monoisotopic (exact) mass is 206 g/mol. The number of aromatic hydroxyl groups is 1. The summed E-state index contributed by atoms with van der Waals surface area (Å²) in [6.07, 6.45) is 4.43. The van der Waals surface area contributed by atoms with Gasteiger partial charge in [-0.25, -0.2) is 0 Å². The van der Waals surface area contributed by atoms with Crippen molar-refractivity contribution in [2.45, 2.75) is 52.4 Å². The summed E-state index contributed by atoms with van der Waals surface area (Å²) in [7, 11) is 0. The summed E-state index contributed by atoms with van der Waals surface area (Å²) in [5.41, 5.74) is 2.33. The molecule has 0 spiro atoms. The lowest BCUT2D eigenvalue weighted by molar-refractivity contribution is 0.465. The maximum Gasteiger partial charge on any atom is 0.119 e. The molecule has 1 N–H and O–H groups in total. The van der Waals surface area contributed by atoms with E-state index in [9.17, 15) is 5.11 Å². The fourth-order valence-corrected chi connectivity index (χ4v) is 1.70. The van der Waals surface area contributed by atoms with Gasteiger partial charge in [-0.1, -0.05) is 39.3 Å². The van der Waals surface area contributed by atoms with Gasteiger partial charge in [-0.05, 0) is 42.4 Å². The van der Waals surface area contributed by atoms with E-state index in [4.69, 9.17) is 0 Å². The van der Waals surface area contributed by atoms with Crippen LogP contribution >= 0.6 is 0 Å². The van der Waals surface area contributed by atoms with Crippen molar-refractivity contribution in [2.24, 2.45) is 0 Å². The highest BCUT2D eigenvalue weighted by molar-refractivity contribution is 5.37. The molecule has 1 unspecified atom stereocenters. The Morgan fingerprint density at radius 3 is 2.53 bits per heavy atom. The SMILES string of the molecule is CCCCc1ccc(C(C)CC)cc1O. The number of hydrogen-bond acceptors (Lipinski definition) is 1. The first-order chi connectivity index (χ1) is 7.19. The molecule has 0 aliphatic heterocycles. The predicted molar refractivity (Wildman–Crippen MR) is 65.4 cm³/mol. The quantitative estimate of drug-likeness (QED) is 0.763. The number of phenolic OH excluding ortho intramolecular Hbond substituents is 1. The van der Waals surface area contributed by atoms with E-state index in [-0.39, 0.29) is 0 Å². The van der Waals surface area contributed by atoms with Crippen molar-refractivity contribution in [3.05, 3.63) is 29.3 Å². The molecule has 0 bridgehead atoms. The molecule has 1 rings (SSSR count). The van der Waals surface area contributed by atoms with Gasteiger partial charge in [-0.2, -0.15) is 0 Å². The highest BCUT2D eigenvalue weighted by atomic mass is 16.3. The number of benzene rings is 1. The molecule has 0 aliphatic rings. The van der Waals surface area contributed by atoms with E-state index in [1.54, 1.807) is 0 Å². The van der Waals surface area contributed by atoms with Crippen LogP contribution in [0.4, 0.5) is 0 Å². The van der Waals surface area contributed by atoms with Crippen LogP contribution in [0.15, 0.2) is 18.2 Å². The van der Waals surface area contributed by atoms with Gasteiger partial charge in [0, 0.05) is 0 Å². The molecule has 0 radical (unpaired) electrons. The van der Waals surface area contributed by atoms with Crippen LogP contribution in [0, 0.1) is 0 Å². The van der Waals surface area contributed by atoms with Gasteiger partial charge in [-0.15, -0.1) is 0 Å². The smallest absolute Gasteiger partial charge is 0.119 e. The van der Waals surface area contributed by atoms with Crippen LogP contribution in [0.3, 0.4) is 0 Å². The lowest BCUT2D eigenvalue weighted by atomic mass is 9.96. The highest BCUT2D eigenvalue weighted by Crippen LogP contribution is 2.26. The van der Waals surface area contributed by atoms with Gasteiger partial charge < -0.3 is 5.11 Å². The predicted octanol–water partition coefficient (Wildman–Crippen LogP) is 4.25. The Morgan fingerprint density at radius 2 is 2.00 bits per heavy atom. The number of rotatable bonds is 5. The van der Waals surface area contributed by atoms with Gasteiger partial charge in [0.1, 0.15) is 5.75 Å². The first-order valence-corrected chi connectivity index (χ1v) is 6.00. The van der Waals surface area contributed by atoms with Crippen molar-refractivity contribution >= 4 is 0 Å². The molecule has 0 saturated carbocycles. The van der Waals surface area contributed by atoms with E-state index >= 15 is 0 Å². The third-order valence-electron chi connectivity index (χ3n) is 3.09. The maximum atomic E-state index is 9.86. The second-order valence-corrected chi connectivity index (χ2v) is 4.30. The standard InChI is InChI=1S/C14H22O/c1-4-6-7-12-8-9-13(10-14(12)15)11(3)5-2/h8-11,15H,4-7H2,1-3H3. The van der Waals surface area contributed by atoms with Crippen molar-refractivity contribution in [2.75, 3.05) is 0 Å². The highest BCUT2D eigenvalue weighted by Gasteiger charge is 2.06. The summed E-state index contributed by atoms with van der Waals surface area (Å²) >= 11 is 0. The Hall–Kier alpha value is -0.980. The molecule has 0 fully saturated rings. The van der Waals surface area contributed by atoms with Crippen molar-refractivity contribution in [3.8, 4) is 5.75 Å². The zero-order chi connectivity index (χ0) is 11.3. The molecule has 84 valence electrons.